The molecule has 0 atom stereocenters. The van der Waals surface area contributed by atoms with Crippen molar-refractivity contribution in [1.82, 2.24) is 10.2 Å². The molecule has 1 fully saturated rings. The van der Waals surface area contributed by atoms with Crippen LogP contribution in [-0.4, -0.2) is 48.0 Å². The zero-order chi connectivity index (χ0) is 20.8. The minimum Gasteiger partial charge on any atom is -0.459 e. The lowest BCUT2D eigenvalue weighted by Crippen LogP contribution is -2.48. The Kier molecular flexibility index (Phi) is 6.87. The van der Waals surface area contributed by atoms with Crippen LogP contribution in [0.4, 0.5) is 11.4 Å². The average Bonchev–Trinajstić information content (AvgIpc) is 3.22. The molecule has 0 bridgehead atoms. The standard InChI is InChI=1S/C21H26N4O3S/c1-15(2)14-19(26)23-21(29)22-16-5-7-17(8-6-16)24-9-11-25(12-10-24)20(27)18-4-3-13-28-18/h3-8,13,15H,9-12,14H2,1-2H3,(H2,22,23,26,29). The van der Waals surface area contributed by atoms with Crippen molar-refractivity contribution in [2.24, 2.45) is 5.92 Å². The normalized spacial score (nSPS) is 14.0. The molecular weight excluding hydrogens is 388 g/mol. The molecule has 3 rings (SSSR count). The van der Waals surface area contributed by atoms with Gasteiger partial charge in [0.1, 0.15) is 0 Å². The first-order valence-corrected chi connectivity index (χ1v) is 10.1. The molecule has 2 N–H and O–H groups in total. The van der Waals surface area contributed by atoms with Crippen LogP contribution in [0.3, 0.4) is 0 Å². The molecule has 0 radical (unpaired) electrons. The van der Waals surface area contributed by atoms with Crippen molar-refractivity contribution in [2.45, 2.75) is 20.3 Å². The highest BCUT2D eigenvalue weighted by molar-refractivity contribution is 7.80. The lowest BCUT2D eigenvalue weighted by Gasteiger charge is -2.35. The predicted octanol–water partition coefficient (Wildman–Crippen LogP) is 3.10. The molecule has 0 unspecified atom stereocenters. The number of furan rings is 1. The Morgan fingerprint density at radius 1 is 1.10 bits per heavy atom. The van der Waals surface area contributed by atoms with Gasteiger partial charge >= 0.3 is 0 Å². The number of amides is 2. The third-order valence-electron chi connectivity index (χ3n) is 4.64. The number of carbonyl (C=O) groups is 2. The van der Waals surface area contributed by atoms with Crippen LogP contribution in [0.15, 0.2) is 47.1 Å². The third kappa shape index (κ3) is 5.80. The molecule has 0 spiro atoms. The fourth-order valence-electron chi connectivity index (χ4n) is 3.19. The Morgan fingerprint density at radius 2 is 1.79 bits per heavy atom. The van der Waals surface area contributed by atoms with Gasteiger partial charge in [-0.15, -0.1) is 0 Å². The van der Waals surface area contributed by atoms with Gasteiger partial charge in [0.15, 0.2) is 10.9 Å². The minimum absolute atomic E-state index is 0.0674. The van der Waals surface area contributed by atoms with E-state index in [0.29, 0.717) is 30.4 Å². The van der Waals surface area contributed by atoms with Gasteiger partial charge in [0.2, 0.25) is 5.91 Å². The Morgan fingerprint density at radius 3 is 2.38 bits per heavy atom. The van der Waals surface area contributed by atoms with Crippen LogP contribution < -0.4 is 15.5 Å². The largest absolute Gasteiger partial charge is 0.459 e. The first kappa shape index (κ1) is 20.9. The van der Waals surface area contributed by atoms with Gasteiger partial charge in [-0.2, -0.15) is 0 Å². The number of thiocarbonyl (C=S) groups is 1. The molecule has 2 aromatic rings. The number of hydrogen-bond acceptors (Lipinski definition) is 5. The zero-order valence-corrected chi connectivity index (χ0v) is 17.5. The highest BCUT2D eigenvalue weighted by Crippen LogP contribution is 2.20. The van der Waals surface area contributed by atoms with Crippen molar-refractivity contribution >= 4 is 40.5 Å². The van der Waals surface area contributed by atoms with Crippen molar-refractivity contribution in [3.8, 4) is 0 Å². The molecular formula is C21H26N4O3S. The van der Waals surface area contributed by atoms with Crippen molar-refractivity contribution in [1.29, 1.82) is 0 Å². The lowest BCUT2D eigenvalue weighted by atomic mass is 10.1. The molecule has 0 saturated carbocycles. The second-order valence-corrected chi connectivity index (χ2v) is 7.81. The fourth-order valence-corrected chi connectivity index (χ4v) is 3.42. The third-order valence-corrected chi connectivity index (χ3v) is 4.84. The Labute approximate surface area is 176 Å². The molecule has 29 heavy (non-hydrogen) atoms. The Balaban J connectivity index is 1.49. The molecule has 1 aromatic heterocycles. The Hall–Kier alpha value is -2.87. The van der Waals surface area contributed by atoms with E-state index in [-0.39, 0.29) is 17.7 Å². The first-order valence-electron chi connectivity index (χ1n) is 9.71. The quantitative estimate of drug-likeness (QED) is 0.732. The topological polar surface area (TPSA) is 77.8 Å². The maximum absolute atomic E-state index is 12.3. The van der Waals surface area contributed by atoms with Crippen molar-refractivity contribution in [3.63, 3.8) is 0 Å². The summed E-state index contributed by atoms with van der Waals surface area (Å²) >= 11 is 5.20. The highest BCUT2D eigenvalue weighted by Gasteiger charge is 2.23. The Bertz CT molecular complexity index is 841. The van der Waals surface area contributed by atoms with Gasteiger partial charge in [0.05, 0.1) is 6.26 Å². The number of benzene rings is 1. The smallest absolute Gasteiger partial charge is 0.289 e. The molecule has 7 nitrogen and oxygen atoms in total. The summed E-state index contributed by atoms with van der Waals surface area (Å²) in [7, 11) is 0. The fraction of sp³-hybridized carbons (Fsp3) is 0.381. The molecule has 1 aromatic carbocycles. The molecule has 0 aliphatic carbocycles. The zero-order valence-electron chi connectivity index (χ0n) is 16.7. The lowest BCUT2D eigenvalue weighted by molar-refractivity contribution is -0.120. The van der Waals surface area contributed by atoms with Crippen LogP contribution in [0.2, 0.25) is 0 Å². The van der Waals surface area contributed by atoms with Gasteiger partial charge in [-0.1, -0.05) is 13.8 Å². The van der Waals surface area contributed by atoms with E-state index in [1.807, 2.05) is 43.0 Å². The van der Waals surface area contributed by atoms with Crippen molar-refractivity contribution in [3.05, 3.63) is 48.4 Å². The number of piperazine rings is 1. The number of nitrogens with one attached hydrogen (secondary N) is 2. The van der Waals surface area contributed by atoms with Crippen molar-refractivity contribution < 1.29 is 14.0 Å². The SMILES string of the molecule is CC(C)CC(=O)NC(=S)Nc1ccc(N2CCN(C(=O)c3ccco3)CC2)cc1. The number of nitrogens with zero attached hydrogens (tertiary/aromatic N) is 2. The van der Waals surface area contributed by atoms with E-state index in [9.17, 15) is 9.59 Å². The van der Waals surface area contributed by atoms with Gasteiger partial charge in [-0.25, -0.2) is 0 Å². The molecule has 1 aliphatic heterocycles. The summed E-state index contributed by atoms with van der Waals surface area (Å²) in [6.07, 6.45) is 1.95. The van der Waals surface area contributed by atoms with Crippen LogP contribution in [-0.2, 0) is 4.79 Å². The molecule has 2 heterocycles. The van der Waals surface area contributed by atoms with Crippen LogP contribution in [0, 0.1) is 5.92 Å². The number of rotatable bonds is 5. The van der Waals surface area contributed by atoms with Crippen LogP contribution in [0.5, 0.6) is 0 Å². The summed E-state index contributed by atoms with van der Waals surface area (Å²) in [5.74, 6) is 0.510. The summed E-state index contributed by atoms with van der Waals surface area (Å²) in [5.41, 5.74) is 1.89. The van der Waals surface area contributed by atoms with Gasteiger partial charge in [0.25, 0.3) is 5.91 Å². The summed E-state index contributed by atoms with van der Waals surface area (Å²) in [6, 6.07) is 11.3. The van der Waals surface area contributed by atoms with Gasteiger partial charge in [-0.05, 0) is 54.5 Å². The highest BCUT2D eigenvalue weighted by atomic mass is 32.1. The maximum Gasteiger partial charge on any atom is 0.289 e. The van der Waals surface area contributed by atoms with E-state index in [2.05, 4.69) is 15.5 Å². The van der Waals surface area contributed by atoms with Gasteiger partial charge in [0, 0.05) is 44.0 Å². The van der Waals surface area contributed by atoms with E-state index in [0.717, 1.165) is 24.5 Å². The molecule has 2 amide bonds. The van der Waals surface area contributed by atoms with Crippen LogP contribution >= 0.6 is 12.2 Å². The second-order valence-electron chi connectivity index (χ2n) is 7.40. The monoisotopic (exact) mass is 414 g/mol. The number of carbonyl (C=O) groups excluding carboxylic acids is 2. The summed E-state index contributed by atoms with van der Waals surface area (Å²) in [4.78, 5) is 28.2. The average molecular weight is 415 g/mol. The molecule has 1 aliphatic rings. The first-order chi connectivity index (χ1) is 13.9. The second kappa shape index (κ2) is 9.56. The minimum atomic E-state index is -0.0870. The van der Waals surface area contributed by atoms with E-state index in [4.69, 9.17) is 16.6 Å². The summed E-state index contributed by atoms with van der Waals surface area (Å²) in [6.45, 7) is 6.77. The molecule has 8 heteroatoms. The number of anilines is 2. The van der Waals surface area contributed by atoms with Gasteiger partial charge < -0.3 is 24.9 Å². The van der Waals surface area contributed by atoms with E-state index >= 15 is 0 Å². The van der Waals surface area contributed by atoms with Gasteiger partial charge in [-0.3, -0.25) is 9.59 Å². The maximum atomic E-state index is 12.3. The van der Waals surface area contributed by atoms with E-state index in [1.54, 1.807) is 12.1 Å². The molecule has 1 saturated heterocycles. The van der Waals surface area contributed by atoms with Crippen LogP contribution in [0.25, 0.3) is 0 Å². The van der Waals surface area contributed by atoms with E-state index < -0.39 is 0 Å². The number of hydrogen-bond donors (Lipinski definition) is 2. The summed E-state index contributed by atoms with van der Waals surface area (Å²) < 4.78 is 5.20. The predicted molar refractivity (Wildman–Crippen MR) is 117 cm³/mol. The van der Waals surface area contributed by atoms with Crippen LogP contribution in [0.1, 0.15) is 30.8 Å². The van der Waals surface area contributed by atoms with E-state index in [1.165, 1.54) is 6.26 Å². The van der Waals surface area contributed by atoms with Crippen molar-refractivity contribution in [2.75, 3.05) is 36.4 Å². The molecule has 154 valence electrons. The summed E-state index contributed by atoms with van der Waals surface area (Å²) in [5, 5.41) is 6.02.